The number of hydrogen-bond donors (Lipinski definition) is 2. The molecule has 2 aromatic carbocycles. The number of urea groups is 1. The third-order valence-electron chi connectivity index (χ3n) is 3.23. The Kier molecular flexibility index (Phi) is 5.68. The number of hydrogen-bond acceptors (Lipinski definition) is 4. The summed E-state index contributed by atoms with van der Waals surface area (Å²) >= 11 is 0. The van der Waals surface area contributed by atoms with Gasteiger partial charge in [-0.1, -0.05) is 12.1 Å². The van der Waals surface area contributed by atoms with E-state index < -0.39 is 0 Å². The molecule has 2 amide bonds. The Morgan fingerprint density at radius 2 is 1.74 bits per heavy atom. The first-order valence-corrected chi connectivity index (χ1v) is 7.06. The lowest BCUT2D eigenvalue weighted by Gasteiger charge is -2.11. The second-order valence-electron chi connectivity index (χ2n) is 4.73. The SMILES string of the molecule is COc1cccc(NC(=O)NCc2ccc(OC)c(OC)c2)c1. The highest BCUT2D eigenvalue weighted by Gasteiger charge is 2.06. The second-order valence-corrected chi connectivity index (χ2v) is 4.73. The minimum Gasteiger partial charge on any atom is -0.497 e. The molecule has 0 bridgehead atoms. The van der Waals surface area contributed by atoms with Gasteiger partial charge in [-0.25, -0.2) is 4.79 Å². The maximum Gasteiger partial charge on any atom is 0.319 e. The second kappa shape index (κ2) is 7.93. The number of rotatable bonds is 6. The van der Waals surface area contributed by atoms with E-state index in [1.54, 1.807) is 39.5 Å². The van der Waals surface area contributed by atoms with Gasteiger partial charge in [0.25, 0.3) is 0 Å². The molecule has 0 aromatic heterocycles. The topological polar surface area (TPSA) is 68.8 Å². The summed E-state index contributed by atoms with van der Waals surface area (Å²) in [6.07, 6.45) is 0. The van der Waals surface area contributed by atoms with Crippen LogP contribution in [0.1, 0.15) is 5.56 Å². The van der Waals surface area contributed by atoms with Crippen molar-refractivity contribution in [1.82, 2.24) is 5.32 Å². The van der Waals surface area contributed by atoms with Gasteiger partial charge in [-0.15, -0.1) is 0 Å². The maximum atomic E-state index is 11.9. The van der Waals surface area contributed by atoms with Gasteiger partial charge in [0, 0.05) is 18.3 Å². The molecule has 0 aliphatic rings. The Morgan fingerprint density at radius 1 is 0.957 bits per heavy atom. The molecule has 2 rings (SSSR count). The zero-order valence-electron chi connectivity index (χ0n) is 13.4. The number of nitrogens with one attached hydrogen (secondary N) is 2. The molecule has 0 spiro atoms. The number of carbonyl (C=O) groups is 1. The molecule has 2 N–H and O–H groups in total. The van der Waals surface area contributed by atoms with Crippen LogP contribution >= 0.6 is 0 Å². The molecule has 6 nitrogen and oxygen atoms in total. The molecule has 0 aliphatic heterocycles. The van der Waals surface area contributed by atoms with Gasteiger partial charge < -0.3 is 24.8 Å². The van der Waals surface area contributed by atoms with E-state index in [-0.39, 0.29) is 6.03 Å². The van der Waals surface area contributed by atoms with E-state index in [0.29, 0.717) is 29.5 Å². The predicted octanol–water partition coefficient (Wildman–Crippen LogP) is 3.03. The number of methoxy groups -OCH3 is 3. The summed E-state index contributed by atoms with van der Waals surface area (Å²) in [6, 6.07) is 12.4. The first-order chi connectivity index (χ1) is 11.2. The molecule has 6 heteroatoms. The molecule has 0 fully saturated rings. The van der Waals surface area contributed by atoms with Gasteiger partial charge in [0.05, 0.1) is 21.3 Å². The lowest BCUT2D eigenvalue weighted by molar-refractivity contribution is 0.251. The highest BCUT2D eigenvalue weighted by atomic mass is 16.5. The van der Waals surface area contributed by atoms with Crippen LogP contribution in [-0.4, -0.2) is 27.4 Å². The van der Waals surface area contributed by atoms with Crippen molar-refractivity contribution in [3.8, 4) is 17.2 Å². The molecule has 23 heavy (non-hydrogen) atoms. The molecule has 0 saturated heterocycles. The molecule has 122 valence electrons. The fraction of sp³-hybridized carbons (Fsp3) is 0.235. The van der Waals surface area contributed by atoms with Gasteiger partial charge in [0.2, 0.25) is 0 Å². The molecule has 0 heterocycles. The summed E-state index contributed by atoms with van der Waals surface area (Å²) in [6.45, 7) is 0.371. The number of amides is 2. The lowest BCUT2D eigenvalue weighted by atomic mass is 10.2. The Labute approximate surface area is 135 Å². The average molecular weight is 316 g/mol. The molecule has 2 aromatic rings. The van der Waals surface area contributed by atoms with Crippen molar-refractivity contribution in [2.24, 2.45) is 0 Å². The van der Waals surface area contributed by atoms with Crippen molar-refractivity contribution in [1.29, 1.82) is 0 Å². The number of anilines is 1. The van der Waals surface area contributed by atoms with Crippen LogP contribution in [0.15, 0.2) is 42.5 Å². The van der Waals surface area contributed by atoms with Gasteiger partial charge in [-0.05, 0) is 29.8 Å². The van der Waals surface area contributed by atoms with Gasteiger partial charge in [-0.2, -0.15) is 0 Å². The standard InChI is InChI=1S/C17H20N2O4/c1-21-14-6-4-5-13(10-14)19-17(20)18-11-12-7-8-15(22-2)16(9-12)23-3/h4-10H,11H2,1-3H3,(H2,18,19,20). The third-order valence-corrected chi connectivity index (χ3v) is 3.23. The molecular formula is C17H20N2O4. The first kappa shape index (κ1) is 16.5. The maximum absolute atomic E-state index is 11.9. The van der Waals surface area contributed by atoms with Crippen LogP contribution in [0.5, 0.6) is 17.2 Å². The quantitative estimate of drug-likeness (QED) is 0.859. The van der Waals surface area contributed by atoms with Crippen LogP contribution in [0.3, 0.4) is 0 Å². The van der Waals surface area contributed by atoms with E-state index in [0.717, 1.165) is 5.56 Å². The van der Waals surface area contributed by atoms with Crippen molar-refractivity contribution in [2.45, 2.75) is 6.54 Å². The van der Waals surface area contributed by atoms with Crippen LogP contribution in [0.2, 0.25) is 0 Å². The van der Waals surface area contributed by atoms with Crippen molar-refractivity contribution >= 4 is 11.7 Å². The van der Waals surface area contributed by atoms with Crippen molar-refractivity contribution in [3.05, 3.63) is 48.0 Å². The average Bonchev–Trinajstić information content (AvgIpc) is 2.59. The van der Waals surface area contributed by atoms with Crippen LogP contribution in [0.25, 0.3) is 0 Å². The van der Waals surface area contributed by atoms with E-state index in [9.17, 15) is 4.79 Å². The Hall–Kier alpha value is -2.89. The lowest BCUT2D eigenvalue weighted by Crippen LogP contribution is -2.28. The summed E-state index contributed by atoms with van der Waals surface area (Å²) in [5.41, 5.74) is 1.57. The Bertz CT molecular complexity index is 673. The highest BCUT2D eigenvalue weighted by molar-refractivity contribution is 5.89. The van der Waals surface area contributed by atoms with Crippen molar-refractivity contribution < 1.29 is 19.0 Å². The fourth-order valence-electron chi connectivity index (χ4n) is 2.05. The summed E-state index contributed by atoms with van der Waals surface area (Å²) in [5, 5.41) is 5.54. The van der Waals surface area contributed by atoms with E-state index in [1.807, 2.05) is 24.3 Å². The van der Waals surface area contributed by atoms with Gasteiger partial charge in [-0.3, -0.25) is 0 Å². The monoisotopic (exact) mass is 316 g/mol. The first-order valence-electron chi connectivity index (χ1n) is 7.06. The van der Waals surface area contributed by atoms with E-state index in [1.165, 1.54) is 0 Å². The van der Waals surface area contributed by atoms with E-state index in [4.69, 9.17) is 14.2 Å². The Morgan fingerprint density at radius 3 is 2.43 bits per heavy atom. The predicted molar refractivity (Wildman–Crippen MR) is 88.4 cm³/mol. The fourth-order valence-corrected chi connectivity index (χ4v) is 2.05. The van der Waals surface area contributed by atoms with Crippen molar-refractivity contribution in [2.75, 3.05) is 26.6 Å². The van der Waals surface area contributed by atoms with Crippen LogP contribution < -0.4 is 24.8 Å². The summed E-state index contributed by atoms with van der Waals surface area (Å²) in [4.78, 5) is 11.9. The molecule has 0 radical (unpaired) electrons. The van der Waals surface area contributed by atoms with Crippen LogP contribution in [-0.2, 0) is 6.54 Å². The normalized spacial score (nSPS) is 9.87. The summed E-state index contributed by atoms with van der Waals surface area (Å²) in [5.74, 6) is 1.96. The van der Waals surface area contributed by atoms with Crippen LogP contribution in [0, 0.1) is 0 Å². The minimum atomic E-state index is -0.298. The molecule has 0 saturated carbocycles. The number of carbonyl (C=O) groups excluding carboxylic acids is 1. The Balaban J connectivity index is 1.93. The molecule has 0 aliphatic carbocycles. The van der Waals surface area contributed by atoms with Gasteiger partial charge in [0.15, 0.2) is 11.5 Å². The van der Waals surface area contributed by atoms with E-state index >= 15 is 0 Å². The van der Waals surface area contributed by atoms with Gasteiger partial charge in [0.1, 0.15) is 5.75 Å². The number of ether oxygens (including phenoxy) is 3. The summed E-state index contributed by atoms with van der Waals surface area (Å²) < 4.78 is 15.5. The van der Waals surface area contributed by atoms with Crippen molar-refractivity contribution in [3.63, 3.8) is 0 Å². The molecule has 0 unspecified atom stereocenters. The zero-order valence-corrected chi connectivity index (χ0v) is 13.4. The highest BCUT2D eigenvalue weighted by Crippen LogP contribution is 2.27. The number of benzene rings is 2. The molecule has 0 atom stereocenters. The van der Waals surface area contributed by atoms with Crippen LogP contribution in [0.4, 0.5) is 10.5 Å². The smallest absolute Gasteiger partial charge is 0.319 e. The van der Waals surface area contributed by atoms with Gasteiger partial charge >= 0.3 is 6.03 Å². The largest absolute Gasteiger partial charge is 0.497 e. The third kappa shape index (κ3) is 4.54. The van der Waals surface area contributed by atoms with E-state index in [2.05, 4.69) is 10.6 Å². The summed E-state index contributed by atoms with van der Waals surface area (Å²) in [7, 11) is 4.73. The molecular weight excluding hydrogens is 296 g/mol. The zero-order chi connectivity index (χ0) is 16.7. The minimum absolute atomic E-state index is 0.298.